The molecule has 31 heavy (non-hydrogen) atoms. The van der Waals surface area contributed by atoms with Crippen LogP contribution in [0.15, 0.2) is 48.7 Å². The van der Waals surface area contributed by atoms with E-state index in [-0.39, 0.29) is 17.7 Å². The van der Waals surface area contributed by atoms with Gasteiger partial charge < -0.3 is 14.7 Å². The average molecular weight is 441 g/mol. The van der Waals surface area contributed by atoms with Gasteiger partial charge in [0.05, 0.1) is 17.1 Å². The highest BCUT2D eigenvalue weighted by atomic mass is 35.5. The number of carboxylic acid groups (broad SMARTS) is 1. The first-order valence-corrected chi connectivity index (χ1v) is 10.6. The highest BCUT2D eigenvalue weighted by Crippen LogP contribution is 2.35. The van der Waals surface area contributed by atoms with Crippen LogP contribution in [0.2, 0.25) is 0 Å². The number of likely N-dealkylation sites (tertiary alicyclic amines) is 1. The number of carbonyl (C=O) groups is 2. The van der Waals surface area contributed by atoms with Crippen molar-refractivity contribution in [1.82, 2.24) is 8.99 Å². The summed E-state index contributed by atoms with van der Waals surface area (Å²) < 4.78 is 6.87. The number of benzene rings is 2. The van der Waals surface area contributed by atoms with E-state index in [1.165, 1.54) is 10.3 Å². The lowest BCUT2D eigenvalue weighted by molar-refractivity contribution is 0.0224. The van der Waals surface area contributed by atoms with E-state index in [1.54, 1.807) is 4.90 Å². The third-order valence-corrected chi connectivity index (χ3v) is 5.78. The molecule has 0 aliphatic carbocycles. The van der Waals surface area contributed by atoms with Gasteiger partial charge in [0.1, 0.15) is 5.60 Å². The van der Waals surface area contributed by atoms with E-state index in [1.807, 2.05) is 63.2 Å². The highest BCUT2D eigenvalue weighted by Gasteiger charge is 2.33. The molecule has 1 aromatic heterocycles. The highest BCUT2D eigenvalue weighted by molar-refractivity contribution is 6.21. The zero-order valence-corrected chi connectivity index (χ0v) is 18.5. The number of fused-ring (bicyclic) bond motifs is 1. The van der Waals surface area contributed by atoms with Crippen LogP contribution in [-0.2, 0) is 4.74 Å². The first-order chi connectivity index (χ1) is 14.6. The Balaban J connectivity index is 1.60. The third kappa shape index (κ3) is 4.26. The molecule has 0 bridgehead atoms. The van der Waals surface area contributed by atoms with Gasteiger partial charge in [-0.3, -0.25) is 4.09 Å². The van der Waals surface area contributed by atoms with Crippen molar-refractivity contribution >= 4 is 34.7 Å². The lowest BCUT2D eigenvalue weighted by Crippen LogP contribution is -2.36. The topological polar surface area (TPSA) is 71.8 Å². The van der Waals surface area contributed by atoms with Crippen molar-refractivity contribution < 1.29 is 19.4 Å². The van der Waals surface area contributed by atoms with E-state index in [0.717, 1.165) is 29.5 Å². The SMILES string of the molecule is CC(C)(C)OC(=O)N1CCCC1c1ccc(-c2ccc3c(c2)c(C(=O)O)cn3Cl)cc1. The minimum absolute atomic E-state index is 0.00438. The Hall–Kier alpha value is -2.99. The van der Waals surface area contributed by atoms with Crippen molar-refractivity contribution in [2.45, 2.75) is 45.3 Å². The summed E-state index contributed by atoms with van der Waals surface area (Å²) in [7, 11) is 0. The number of aromatic carboxylic acids is 1. The standard InChI is InChI=1S/C24H25ClN2O4/c1-24(2,3)31-23(30)26-12-4-5-20(26)16-8-6-15(7-9-16)17-10-11-21-18(13-17)19(22(28)29)14-27(21)25/h6-11,13-14,20H,4-5,12H2,1-3H3,(H,28,29). The molecule has 4 rings (SSSR count). The van der Waals surface area contributed by atoms with Gasteiger partial charge in [0.15, 0.2) is 0 Å². The smallest absolute Gasteiger partial charge is 0.410 e. The van der Waals surface area contributed by atoms with Crippen LogP contribution in [0.5, 0.6) is 0 Å². The molecule has 2 aromatic carbocycles. The maximum Gasteiger partial charge on any atom is 0.410 e. The number of amides is 1. The van der Waals surface area contributed by atoms with Gasteiger partial charge in [0.25, 0.3) is 0 Å². The molecule has 1 fully saturated rings. The van der Waals surface area contributed by atoms with Gasteiger partial charge in [-0.15, -0.1) is 0 Å². The number of carbonyl (C=O) groups excluding carboxylic acids is 1. The summed E-state index contributed by atoms with van der Waals surface area (Å²) in [6.45, 7) is 6.30. The summed E-state index contributed by atoms with van der Waals surface area (Å²) in [5.41, 5.74) is 3.22. The first kappa shape index (κ1) is 21.2. The van der Waals surface area contributed by atoms with Gasteiger partial charge in [-0.1, -0.05) is 30.3 Å². The maximum atomic E-state index is 12.6. The van der Waals surface area contributed by atoms with Crippen molar-refractivity contribution in [1.29, 1.82) is 0 Å². The predicted octanol–water partition coefficient (Wildman–Crippen LogP) is 6.08. The normalized spacial score (nSPS) is 16.6. The molecule has 7 heteroatoms. The molecule has 1 aliphatic heterocycles. The van der Waals surface area contributed by atoms with Crippen molar-refractivity contribution in [2.24, 2.45) is 0 Å². The molecule has 1 saturated heterocycles. The van der Waals surface area contributed by atoms with Gasteiger partial charge >= 0.3 is 12.1 Å². The number of nitrogens with zero attached hydrogens (tertiary/aromatic N) is 2. The summed E-state index contributed by atoms with van der Waals surface area (Å²) in [6.07, 6.45) is 2.97. The van der Waals surface area contributed by atoms with Crippen molar-refractivity contribution in [2.75, 3.05) is 6.54 Å². The lowest BCUT2D eigenvalue weighted by Gasteiger charge is -2.29. The molecular weight excluding hydrogens is 416 g/mol. The van der Waals surface area contributed by atoms with Crippen molar-refractivity contribution in [3.63, 3.8) is 0 Å². The van der Waals surface area contributed by atoms with Gasteiger partial charge in [0, 0.05) is 29.9 Å². The zero-order valence-electron chi connectivity index (χ0n) is 17.8. The van der Waals surface area contributed by atoms with Gasteiger partial charge in [-0.25, -0.2) is 9.59 Å². The summed E-state index contributed by atoms with van der Waals surface area (Å²) in [5.74, 6) is -1.01. The number of ether oxygens (including phenoxy) is 1. The Labute approximate surface area is 186 Å². The average Bonchev–Trinajstić information content (AvgIpc) is 3.32. The number of carboxylic acids is 1. The third-order valence-electron chi connectivity index (χ3n) is 5.50. The zero-order chi connectivity index (χ0) is 22.3. The number of hydrogen-bond donors (Lipinski definition) is 1. The van der Waals surface area contributed by atoms with Crippen LogP contribution in [0.25, 0.3) is 22.0 Å². The predicted molar refractivity (Wildman–Crippen MR) is 120 cm³/mol. The van der Waals surface area contributed by atoms with Crippen LogP contribution in [0.1, 0.15) is 55.6 Å². The fourth-order valence-electron chi connectivity index (χ4n) is 4.09. The molecule has 0 radical (unpaired) electrons. The number of aromatic nitrogens is 1. The first-order valence-electron chi connectivity index (χ1n) is 10.3. The van der Waals surface area contributed by atoms with E-state index < -0.39 is 11.6 Å². The van der Waals surface area contributed by atoms with Crippen LogP contribution < -0.4 is 0 Å². The molecule has 2 heterocycles. The monoisotopic (exact) mass is 440 g/mol. The molecule has 6 nitrogen and oxygen atoms in total. The molecule has 0 spiro atoms. The largest absolute Gasteiger partial charge is 0.478 e. The van der Waals surface area contributed by atoms with Gasteiger partial charge in [-0.2, -0.15) is 0 Å². The van der Waals surface area contributed by atoms with Crippen LogP contribution in [0.3, 0.4) is 0 Å². The summed E-state index contributed by atoms with van der Waals surface area (Å²) in [4.78, 5) is 25.9. The Morgan fingerprint density at radius 2 is 1.77 bits per heavy atom. The molecule has 1 amide bonds. The second-order valence-electron chi connectivity index (χ2n) is 8.84. The van der Waals surface area contributed by atoms with Gasteiger partial charge in [-0.05, 0) is 62.4 Å². The minimum atomic E-state index is -1.01. The van der Waals surface area contributed by atoms with E-state index >= 15 is 0 Å². The molecule has 3 aromatic rings. The molecular formula is C24H25ClN2O4. The Kier molecular flexibility index (Phi) is 5.43. The van der Waals surface area contributed by atoms with Crippen LogP contribution in [0, 0.1) is 0 Å². The minimum Gasteiger partial charge on any atom is -0.478 e. The molecule has 1 atom stereocenters. The van der Waals surface area contributed by atoms with E-state index in [2.05, 4.69) is 0 Å². The molecule has 0 saturated carbocycles. The van der Waals surface area contributed by atoms with Crippen molar-refractivity contribution in [3.8, 4) is 11.1 Å². The maximum absolute atomic E-state index is 12.6. The van der Waals surface area contributed by atoms with Crippen LogP contribution in [-0.4, -0.2) is 38.3 Å². The van der Waals surface area contributed by atoms with Gasteiger partial charge in [0.2, 0.25) is 0 Å². The Morgan fingerprint density at radius 3 is 2.42 bits per heavy atom. The summed E-state index contributed by atoms with van der Waals surface area (Å²) in [5, 5.41) is 10.0. The second kappa shape index (κ2) is 7.93. The molecule has 1 N–H and O–H groups in total. The van der Waals surface area contributed by atoms with E-state index in [4.69, 9.17) is 16.5 Å². The fourth-order valence-corrected chi connectivity index (χ4v) is 4.34. The molecule has 162 valence electrons. The quantitative estimate of drug-likeness (QED) is 0.535. The van der Waals surface area contributed by atoms with E-state index in [0.29, 0.717) is 17.4 Å². The fraction of sp³-hybridized carbons (Fsp3) is 0.333. The van der Waals surface area contributed by atoms with E-state index in [9.17, 15) is 14.7 Å². The Bertz CT molecular complexity index is 1140. The number of hydrogen-bond acceptors (Lipinski definition) is 3. The summed E-state index contributed by atoms with van der Waals surface area (Å²) >= 11 is 6.10. The second-order valence-corrected chi connectivity index (χ2v) is 9.21. The van der Waals surface area contributed by atoms with Crippen LogP contribution in [0.4, 0.5) is 4.79 Å². The number of halogens is 1. The number of rotatable bonds is 3. The molecule has 1 aliphatic rings. The Morgan fingerprint density at radius 1 is 1.10 bits per heavy atom. The van der Waals surface area contributed by atoms with Crippen LogP contribution >= 0.6 is 11.8 Å². The van der Waals surface area contributed by atoms with Crippen molar-refractivity contribution in [3.05, 3.63) is 59.8 Å². The molecule has 1 unspecified atom stereocenters. The summed E-state index contributed by atoms with van der Waals surface area (Å²) in [6, 6.07) is 13.6. The lowest BCUT2D eigenvalue weighted by atomic mass is 9.98.